The van der Waals surface area contributed by atoms with Gasteiger partial charge in [0.05, 0.1) is 0 Å². The zero-order valence-corrected chi connectivity index (χ0v) is 12.1. The van der Waals surface area contributed by atoms with Crippen molar-refractivity contribution >= 4 is 34.5 Å². The Bertz CT molecular complexity index is 606. The fourth-order valence-corrected chi connectivity index (χ4v) is 2.66. The first-order valence-corrected chi connectivity index (χ1v) is 7.07. The number of hydrogen-bond donors (Lipinski definition) is 1. The Labute approximate surface area is 125 Å². The lowest BCUT2D eigenvalue weighted by Gasteiger charge is -2.05. The topological polar surface area (TPSA) is 29.5 Å². The second kappa shape index (κ2) is 6.83. The first-order valence-electron chi connectivity index (χ1n) is 5.43. The van der Waals surface area contributed by atoms with Crippen molar-refractivity contribution in [3.63, 3.8) is 0 Å². The molecule has 1 aromatic carbocycles. The third-order valence-corrected chi connectivity index (χ3v) is 3.53. The molecule has 98 valence electrons. The maximum atomic E-state index is 8.62. The second-order valence-corrected chi connectivity index (χ2v) is 5.52. The van der Waals surface area contributed by atoms with E-state index >= 15 is 0 Å². The molecule has 2 aromatic rings. The molecule has 0 atom stereocenters. The Hall–Kier alpha value is -1.18. The monoisotopic (exact) mass is 312 g/mol. The van der Waals surface area contributed by atoms with Crippen LogP contribution in [0.3, 0.4) is 0 Å². The molecule has 1 N–H and O–H groups in total. The van der Waals surface area contributed by atoms with Crippen LogP contribution in [0.15, 0.2) is 29.6 Å². The number of aliphatic hydroxyl groups is 1. The summed E-state index contributed by atoms with van der Waals surface area (Å²) in [7, 11) is 0. The summed E-state index contributed by atoms with van der Waals surface area (Å²) in [5.41, 5.74) is 0.877. The van der Waals surface area contributed by atoms with Crippen molar-refractivity contribution in [2.75, 3.05) is 6.61 Å². The molecule has 0 aliphatic carbocycles. The minimum atomic E-state index is -0.136. The Balaban J connectivity index is 2.00. The molecule has 0 fully saturated rings. The van der Waals surface area contributed by atoms with Crippen molar-refractivity contribution in [2.24, 2.45) is 0 Å². The third kappa shape index (κ3) is 4.45. The highest BCUT2D eigenvalue weighted by molar-refractivity contribution is 7.10. The summed E-state index contributed by atoms with van der Waals surface area (Å²) < 4.78 is 5.62. The predicted molar refractivity (Wildman–Crippen MR) is 79.1 cm³/mol. The van der Waals surface area contributed by atoms with E-state index in [2.05, 4.69) is 11.8 Å². The van der Waals surface area contributed by atoms with Gasteiger partial charge >= 0.3 is 0 Å². The Morgan fingerprint density at radius 2 is 1.89 bits per heavy atom. The highest BCUT2D eigenvalue weighted by Crippen LogP contribution is 2.25. The number of benzene rings is 1. The van der Waals surface area contributed by atoms with Crippen LogP contribution in [0, 0.1) is 11.8 Å². The molecule has 0 amide bonds. The molecule has 0 radical (unpaired) electrons. The lowest BCUT2D eigenvalue weighted by atomic mass is 10.3. The van der Waals surface area contributed by atoms with Crippen LogP contribution in [0.25, 0.3) is 0 Å². The summed E-state index contributed by atoms with van der Waals surface area (Å²) >= 11 is 13.3. The number of rotatable bonds is 3. The Morgan fingerprint density at radius 1 is 1.16 bits per heavy atom. The minimum absolute atomic E-state index is 0.136. The molecular formula is C14H10Cl2O2S. The minimum Gasteiger partial charge on any atom is -0.488 e. The first-order chi connectivity index (χ1) is 9.17. The number of ether oxygens (including phenoxy) is 1. The van der Waals surface area contributed by atoms with Crippen LogP contribution in [-0.4, -0.2) is 11.7 Å². The lowest BCUT2D eigenvalue weighted by Crippen LogP contribution is -1.92. The number of thiophene rings is 1. The summed E-state index contributed by atoms with van der Waals surface area (Å²) in [6.07, 6.45) is 0. The molecule has 1 aromatic heterocycles. The van der Waals surface area contributed by atoms with E-state index < -0.39 is 0 Å². The van der Waals surface area contributed by atoms with Crippen molar-refractivity contribution in [3.05, 3.63) is 50.1 Å². The molecule has 0 saturated heterocycles. The molecule has 19 heavy (non-hydrogen) atoms. The van der Waals surface area contributed by atoms with Gasteiger partial charge in [-0.25, -0.2) is 0 Å². The van der Waals surface area contributed by atoms with Gasteiger partial charge in [-0.3, -0.25) is 0 Å². The molecule has 0 saturated carbocycles. The summed E-state index contributed by atoms with van der Waals surface area (Å²) in [6, 6.07) is 7.02. The number of hydrogen-bond acceptors (Lipinski definition) is 3. The highest BCUT2D eigenvalue weighted by Gasteiger charge is 2.02. The van der Waals surface area contributed by atoms with Crippen LogP contribution >= 0.6 is 34.5 Å². The second-order valence-electron chi connectivity index (χ2n) is 3.66. The van der Waals surface area contributed by atoms with Crippen LogP contribution in [0.4, 0.5) is 0 Å². The molecule has 0 bridgehead atoms. The standard InChI is InChI=1S/C14H10Cl2O2S/c15-11-5-12(16)7-13(6-11)18-8-14-4-10(9-19-14)2-1-3-17/h4-7,9,17H,3,8H2. The third-order valence-electron chi connectivity index (χ3n) is 2.18. The SMILES string of the molecule is OCC#Cc1csc(COc2cc(Cl)cc(Cl)c2)c1. The highest BCUT2D eigenvalue weighted by atomic mass is 35.5. The van der Waals surface area contributed by atoms with Gasteiger partial charge in [-0.2, -0.15) is 0 Å². The average Bonchev–Trinajstić information content (AvgIpc) is 2.81. The quantitative estimate of drug-likeness (QED) is 0.869. The van der Waals surface area contributed by atoms with Gasteiger partial charge in [0.1, 0.15) is 19.0 Å². The van der Waals surface area contributed by atoms with Crippen LogP contribution in [0.1, 0.15) is 10.4 Å². The fourth-order valence-electron chi connectivity index (χ4n) is 1.43. The van der Waals surface area contributed by atoms with Gasteiger partial charge in [-0.15, -0.1) is 11.3 Å². The molecule has 0 spiro atoms. The molecule has 2 rings (SSSR count). The van der Waals surface area contributed by atoms with E-state index in [0.717, 1.165) is 10.4 Å². The normalized spacial score (nSPS) is 9.84. The summed E-state index contributed by atoms with van der Waals surface area (Å²) in [6.45, 7) is 0.296. The molecule has 5 heteroatoms. The fraction of sp³-hybridized carbons (Fsp3) is 0.143. The van der Waals surface area contributed by atoms with Crippen LogP contribution in [0.5, 0.6) is 5.75 Å². The van der Waals surface area contributed by atoms with E-state index in [-0.39, 0.29) is 6.61 Å². The maximum absolute atomic E-state index is 8.62. The molecule has 0 unspecified atom stereocenters. The van der Waals surface area contributed by atoms with Crippen LogP contribution < -0.4 is 4.74 Å². The van der Waals surface area contributed by atoms with Crippen molar-refractivity contribution < 1.29 is 9.84 Å². The lowest BCUT2D eigenvalue weighted by molar-refractivity contribution is 0.310. The van der Waals surface area contributed by atoms with Crippen LogP contribution in [-0.2, 0) is 6.61 Å². The molecule has 0 aliphatic rings. The summed E-state index contributed by atoms with van der Waals surface area (Å²) in [5.74, 6) is 6.08. The first kappa shape index (κ1) is 14.2. The molecule has 0 aliphatic heterocycles. The van der Waals surface area contributed by atoms with Gasteiger partial charge in [0.25, 0.3) is 0 Å². The van der Waals surface area contributed by atoms with E-state index in [4.69, 9.17) is 33.0 Å². The van der Waals surface area contributed by atoms with Gasteiger partial charge in [0.15, 0.2) is 0 Å². The van der Waals surface area contributed by atoms with Crippen LogP contribution in [0.2, 0.25) is 10.0 Å². The van der Waals surface area contributed by atoms with Gasteiger partial charge in [0, 0.05) is 25.9 Å². The summed E-state index contributed by atoms with van der Waals surface area (Å²) in [4.78, 5) is 1.04. The molecule has 2 nitrogen and oxygen atoms in total. The number of aliphatic hydroxyl groups excluding tert-OH is 1. The van der Waals surface area contributed by atoms with Gasteiger partial charge < -0.3 is 9.84 Å². The molecular weight excluding hydrogens is 303 g/mol. The van der Waals surface area contributed by atoms with Gasteiger partial charge in [-0.05, 0) is 24.3 Å². The van der Waals surface area contributed by atoms with E-state index in [9.17, 15) is 0 Å². The van der Waals surface area contributed by atoms with E-state index in [1.165, 1.54) is 0 Å². The van der Waals surface area contributed by atoms with Crippen molar-refractivity contribution in [1.29, 1.82) is 0 Å². The summed E-state index contributed by atoms with van der Waals surface area (Å²) in [5, 5.41) is 11.6. The van der Waals surface area contributed by atoms with Gasteiger partial charge in [0.2, 0.25) is 0 Å². The predicted octanol–water partition coefficient (Wildman–Crippen LogP) is 3.98. The van der Waals surface area contributed by atoms with Crippen molar-refractivity contribution in [3.8, 4) is 17.6 Å². The van der Waals surface area contributed by atoms with E-state index in [1.807, 2.05) is 11.4 Å². The van der Waals surface area contributed by atoms with Crippen molar-refractivity contribution in [2.45, 2.75) is 6.61 Å². The maximum Gasteiger partial charge on any atom is 0.122 e. The zero-order valence-electron chi connectivity index (χ0n) is 9.82. The smallest absolute Gasteiger partial charge is 0.122 e. The van der Waals surface area contributed by atoms with E-state index in [1.54, 1.807) is 29.5 Å². The molecule has 1 heterocycles. The largest absolute Gasteiger partial charge is 0.488 e. The van der Waals surface area contributed by atoms with E-state index in [0.29, 0.717) is 22.4 Å². The zero-order chi connectivity index (χ0) is 13.7. The average molecular weight is 313 g/mol. The number of halogens is 2. The van der Waals surface area contributed by atoms with Gasteiger partial charge in [-0.1, -0.05) is 35.0 Å². The Kier molecular flexibility index (Phi) is 5.12. The Morgan fingerprint density at radius 3 is 2.58 bits per heavy atom. The van der Waals surface area contributed by atoms with Crippen molar-refractivity contribution in [1.82, 2.24) is 0 Å².